The van der Waals surface area contributed by atoms with Crippen LogP contribution in [0.2, 0.25) is 10.0 Å². The topological polar surface area (TPSA) is 64.0 Å². The Labute approximate surface area is 166 Å². The summed E-state index contributed by atoms with van der Waals surface area (Å²) in [6.07, 6.45) is 0. The van der Waals surface area contributed by atoms with Gasteiger partial charge in [-0.3, -0.25) is 9.59 Å². The van der Waals surface area contributed by atoms with Crippen molar-refractivity contribution in [1.82, 2.24) is 9.78 Å². The van der Waals surface area contributed by atoms with Gasteiger partial charge in [0.15, 0.2) is 0 Å². The largest absolute Gasteiger partial charge is 0.324 e. The maximum atomic E-state index is 12.3. The number of hydrogen-bond acceptors (Lipinski definition) is 3. The lowest BCUT2D eigenvalue weighted by Gasteiger charge is -2.10. The number of rotatable bonds is 4. The standard InChI is InChI=1S/C20H17Cl2N3O2/c1-12-3-4-13(2)17(7-12)18-5-6-20(27)25(24-18)11-19(26)23-16-9-14(21)8-15(22)10-16/h3-10H,11H2,1-2H3,(H,23,26). The Hall–Kier alpha value is -2.63. The first-order chi connectivity index (χ1) is 12.8. The molecule has 2 aromatic carbocycles. The molecule has 1 heterocycles. The number of amides is 1. The average Bonchev–Trinajstić information content (AvgIpc) is 2.58. The third-order valence-electron chi connectivity index (χ3n) is 3.98. The van der Waals surface area contributed by atoms with Crippen molar-refractivity contribution in [3.8, 4) is 11.3 Å². The number of anilines is 1. The highest BCUT2D eigenvalue weighted by molar-refractivity contribution is 6.35. The molecule has 0 aliphatic rings. The number of aryl methyl sites for hydroxylation is 2. The molecule has 0 aliphatic heterocycles. The van der Waals surface area contributed by atoms with Crippen molar-refractivity contribution in [3.05, 3.63) is 80.1 Å². The van der Waals surface area contributed by atoms with Gasteiger partial charge in [-0.05, 0) is 49.7 Å². The Balaban J connectivity index is 1.85. The second kappa shape index (κ2) is 7.94. The maximum Gasteiger partial charge on any atom is 0.267 e. The van der Waals surface area contributed by atoms with Gasteiger partial charge in [0, 0.05) is 27.4 Å². The monoisotopic (exact) mass is 401 g/mol. The van der Waals surface area contributed by atoms with Crippen LogP contribution in [0.3, 0.4) is 0 Å². The van der Waals surface area contributed by atoms with Gasteiger partial charge < -0.3 is 5.32 Å². The summed E-state index contributed by atoms with van der Waals surface area (Å²) in [5, 5.41) is 7.84. The summed E-state index contributed by atoms with van der Waals surface area (Å²) in [5.41, 5.74) is 3.78. The minimum atomic E-state index is -0.402. The number of hydrogen-bond donors (Lipinski definition) is 1. The van der Waals surface area contributed by atoms with Crippen LogP contribution in [0.15, 0.2) is 53.3 Å². The van der Waals surface area contributed by atoms with Gasteiger partial charge in [0.2, 0.25) is 5.91 Å². The summed E-state index contributed by atoms with van der Waals surface area (Å²) >= 11 is 11.9. The highest BCUT2D eigenvalue weighted by atomic mass is 35.5. The van der Waals surface area contributed by atoms with Crippen molar-refractivity contribution < 1.29 is 4.79 Å². The van der Waals surface area contributed by atoms with E-state index in [2.05, 4.69) is 10.4 Å². The molecule has 0 radical (unpaired) electrons. The fraction of sp³-hybridized carbons (Fsp3) is 0.150. The van der Waals surface area contributed by atoms with Crippen molar-refractivity contribution >= 4 is 34.8 Å². The van der Waals surface area contributed by atoms with Crippen LogP contribution in [0, 0.1) is 13.8 Å². The molecule has 1 aromatic heterocycles. The first-order valence-electron chi connectivity index (χ1n) is 8.23. The fourth-order valence-electron chi connectivity index (χ4n) is 2.68. The Morgan fingerprint density at radius 3 is 2.44 bits per heavy atom. The number of benzene rings is 2. The Morgan fingerprint density at radius 1 is 1.04 bits per heavy atom. The number of carbonyl (C=O) groups is 1. The minimum Gasteiger partial charge on any atom is -0.324 e. The van der Waals surface area contributed by atoms with Crippen molar-refractivity contribution in [2.45, 2.75) is 20.4 Å². The molecule has 27 heavy (non-hydrogen) atoms. The quantitative estimate of drug-likeness (QED) is 0.700. The summed E-state index contributed by atoms with van der Waals surface area (Å²) < 4.78 is 1.14. The van der Waals surface area contributed by atoms with Crippen LogP contribution in [0.25, 0.3) is 11.3 Å². The third kappa shape index (κ3) is 4.76. The second-order valence-electron chi connectivity index (χ2n) is 6.24. The number of carbonyl (C=O) groups excluding carboxylic acids is 1. The van der Waals surface area contributed by atoms with Gasteiger partial charge in [0.25, 0.3) is 5.56 Å². The highest BCUT2D eigenvalue weighted by Gasteiger charge is 2.10. The summed E-state index contributed by atoms with van der Waals surface area (Å²) in [6, 6.07) is 13.8. The Bertz CT molecular complexity index is 1060. The Morgan fingerprint density at radius 2 is 1.74 bits per heavy atom. The molecule has 3 aromatic rings. The van der Waals surface area contributed by atoms with Crippen molar-refractivity contribution in [3.63, 3.8) is 0 Å². The first kappa shape index (κ1) is 19.1. The smallest absolute Gasteiger partial charge is 0.267 e. The number of nitrogens with zero attached hydrogens (tertiary/aromatic N) is 2. The van der Waals surface area contributed by atoms with Gasteiger partial charge in [-0.25, -0.2) is 4.68 Å². The van der Waals surface area contributed by atoms with Crippen LogP contribution in [-0.2, 0) is 11.3 Å². The van der Waals surface area contributed by atoms with E-state index in [0.717, 1.165) is 21.4 Å². The SMILES string of the molecule is Cc1ccc(C)c(-c2ccc(=O)n(CC(=O)Nc3cc(Cl)cc(Cl)c3)n2)c1. The molecule has 0 spiro atoms. The van der Waals surface area contributed by atoms with E-state index in [1.54, 1.807) is 24.3 Å². The van der Waals surface area contributed by atoms with E-state index in [-0.39, 0.29) is 12.1 Å². The van der Waals surface area contributed by atoms with Gasteiger partial charge >= 0.3 is 0 Å². The molecule has 0 bridgehead atoms. The van der Waals surface area contributed by atoms with Gasteiger partial charge in [0.1, 0.15) is 6.54 Å². The van der Waals surface area contributed by atoms with E-state index in [4.69, 9.17) is 23.2 Å². The van der Waals surface area contributed by atoms with Crippen molar-refractivity contribution in [2.75, 3.05) is 5.32 Å². The van der Waals surface area contributed by atoms with Gasteiger partial charge in [-0.2, -0.15) is 5.10 Å². The van der Waals surface area contributed by atoms with Crippen LogP contribution in [-0.4, -0.2) is 15.7 Å². The van der Waals surface area contributed by atoms with Crippen molar-refractivity contribution in [2.24, 2.45) is 0 Å². The number of halogens is 2. The molecule has 1 amide bonds. The summed E-state index contributed by atoms with van der Waals surface area (Å²) in [7, 11) is 0. The summed E-state index contributed by atoms with van der Waals surface area (Å²) in [4.78, 5) is 24.5. The average molecular weight is 402 g/mol. The Kier molecular flexibility index (Phi) is 5.63. The van der Waals surface area contributed by atoms with Crippen LogP contribution in [0.1, 0.15) is 11.1 Å². The minimum absolute atomic E-state index is 0.221. The van der Waals surface area contributed by atoms with E-state index in [0.29, 0.717) is 21.4 Å². The predicted molar refractivity (Wildman–Crippen MR) is 108 cm³/mol. The van der Waals surface area contributed by atoms with Gasteiger partial charge in [-0.1, -0.05) is 40.9 Å². The van der Waals surface area contributed by atoms with Gasteiger partial charge in [0.05, 0.1) is 5.69 Å². The molecular formula is C20H17Cl2N3O2. The lowest BCUT2D eigenvalue weighted by Crippen LogP contribution is -2.29. The second-order valence-corrected chi connectivity index (χ2v) is 7.11. The zero-order chi connectivity index (χ0) is 19.6. The van der Waals surface area contributed by atoms with Crippen LogP contribution in [0.4, 0.5) is 5.69 Å². The molecular weight excluding hydrogens is 385 g/mol. The summed E-state index contributed by atoms with van der Waals surface area (Å²) in [5.74, 6) is -0.402. The lowest BCUT2D eigenvalue weighted by molar-refractivity contribution is -0.117. The summed E-state index contributed by atoms with van der Waals surface area (Å²) in [6.45, 7) is 3.74. The molecule has 138 valence electrons. The molecule has 1 N–H and O–H groups in total. The van der Waals surface area contributed by atoms with Crippen LogP contribution in [0.5, 0.6) is 0 Å². The van der Waals surface area contributed by atoms with Crippen molar-refractivity contribution in [1.29, 1.82) is 0 Å². The molecule has 0 fully saturated rings. The molecule has 0 saturated heterocycles. The van der Waals surface area contributed by atoms with E-state index < -0.39 is 5.91 Å². The van der Waals surface area contributed by atoms with E-state index in [9.17, 15) is 9.59 Å². The zero-order valence-corrected chi connectivity index (χ0v) is 16.3. The fourth-order valence-corrected chi connectivity index (χ4v) is 3.21. The first-order valence-corrected chi connectivity index (χ1v) is 8.99. The molecule has 0 atom stereocenters. The normalized spacial score (nSPS) is 10.7. The third-order valence-corrected chi connectivity index (χ3v) is 4.41. The number of aromatic nitrogens is 2. The molecule has 0 aliphatic carbocycles. The van der Waals surface area contributed by atoms with E-state index >= 15 is 0 Å². The number of nitrogens with one attached hydrogen (secondary N) is 1. The molecule has 0 unspecified atom stereocenters. The van der Waals surface area contributed by atoms with Crippen LogP contribution >= 0.6 is 23.2 Å². The molecule has 0 saturated carbocycles. The van der Waals surface area contributed by atoms with Crippen LogP contribution < -0.4 is 10.9 Å². The molecule has 3 rings (SSSR count). The predicted octanol–water partition coefficient (Wildman–Crippen LogP) is 4.47. The zero-order valence-electron chi connectivity index (χ0n) is 14.8. The van der Waals surface area contributed by atoms with E-state index in [1.807, 2.05) is 32.0 Å². The lowest BCUT2D eigenvalue weighted by atomic mass is 10.0. The molecule has 7 heteroatoms. The van der Waals surface area contributed by atoms with E-state index in [1.165, 1.54) is 6.07 Å². The highest BCUT2D eigenvalue weighted by Crippen LogP contribution is 2.23. The molecule has 5 nitrogen and oxygen atoms in total. The van der Waals surface area contributed by atoms with Gasteiger partial charge in [-0.15, -0.1) is 0 Å². The maximum absolute atomic E-state index is 12.3.